The molecule has 3 N–H and O–H groups in total. The molecule has 31 heavy (non-hydrogen) atoms. The fourth-order valence-electron chi connectivity index (χ4n) is 5.07. The van der Waals surface area contributed by atoms with Crippen LogP contribution in [-0.2, 0) is 11.2 Å². The Labute approximate surface area is 185 Å². The molecule has 0 spiro atoms. The Morgan fingerprint density at radius 3 is 2.81 bits per heavy atom. The van der Waals surface area contributed by atoms with Gasteiger partial charge in [0.25, 0.3) is 0 Å². The second kappa shape index (κ2) is 9.73. The van der Waals surface area contributed by atoms with Crippen molar-refractivity contribution in [1.82, 2.24) is 0 Å². The fraction of sp³-hybridized carbons (Fsp3) is 0.500. The first-order valence-corrected chi connectivity index (χ1v) is 11.6. The quantitative estimate of drug-likeness (QED) is 0.483. The summed E-state index contributed by atoms with van der Waals surface area (Å²) in [6, 6.07) is 14.7. The first-order valence-electron chi connectivity index (χ1n) is 11.6. The molecular weight excluding hydrogens is 388 g/mol. The number of carbonyl (C=O) groups excluding carboxylic acids is 1. The number of esters is 1. The normalized spacial score (nSPS) is 23.1. The predicted octanol–water partition coefficient (Wildman–Crippen LogP) is 5.04. The van der Waals surface area contributed by atoms with E-state index >= 15 is 0 Å². The second-order valence-corrected chi connectivity index (χ2v) is 9.10. The number of fused-ring (bicyclic) bond motifs is 3. The van der Waals surface area contributed by atoms with Crippen molar-refractivity contribution in [2.45, 2.75) is 70.4 Å². The maximum absolute atomic E-state index is 11.8. The molecule has 4 rings (SSSR count). The van der Waals surface area contributed by atoms with Gasteiger partial charge in [0.05, 0.1) is 6.10 Å². The van der Waals surface area contributed by atoms with Crippen LogP contribution in [0.4, 0.5) is 5.69 Å². The van der Waals surface area contributed by atoms with Gasteiger partial charge < -0.3 is 20.5 Å². The molecule has 2 aromatic rings. The summed E-state index contributed by atoms with van der Waals surface area (Å²) in [4.78, 5) is 11.8. The summed E-state index contributed by atoms with van der Waals surface area (Å²) >= 11 is 0. The first-order chi connectivity index (χ1) is 15.0. The van der Waals surface area contributed by atoms with Crippen LogP contribution in [0.3, 0.4) is 0 Å². The lowest BCUT2D eigenvalue weighted by Crippen LogP contribution is -2.38. The van der Waals surface area contributed by atoms with Crippen LogP contribution in [0.1, 0.15) is 63.0 Å². The minimum atomic E-state index is -0.308. The molecule has 1 fully saturated rings. The van der Waals surface area contributed by atoms with Crippen LogP contribution in [0.2, 0.25) is 0 Å². The Morgan fingerprint density at radius 2 is 2.03 bits per heavy atom. The highest BCUT2D eigenvalue weighted by atomic mass is 16.5. The molecule has 5 heteroatoms. The number of benzene rings is 2. The summed E-state index contributed by atoms with van der Waals surface area (Å²) in [5.74, 6) is 1.91. The molecule has 0 bridgehead atoms. The molecule has 1 saturated carbocycles. The van der Waals surface area contributed by atoms with Crippen molar-refractivity contribution >= 4 is 11.7 Å². The molecular formula is C26H34N2O3. The zero-order chi connectivity index (χ0) is 21.8. The minimum Gasteiger partial charge on any atom is -0.491 e. The Bertz CT molecular complexity index is 899. The van der Waals surface area contributed by atoms with E-state index in [-0.39, 0.29) is 18.1 Å². The van der Waals surface area contributed by atoms with Gasteiger partial charge in [-0.15, -0.1) is 0 Å². The summed E-state index contributed by atoms with van der Waals surface area (Å²) in [5, 5.41) is 3.56. The Kier molecular flexibility index (Phi) is 6.81. The van der Waals surface area contributed by atoms with E-state index in [1.807, 2.05) is 12.1 Å². The van der Waals surface area contributed by atoms with Crippen LogP contribution in [0, 0.1) is 5.92 Å². The van der Waals surface area contributed by atoms with Crippen LogP contribution >= 0.6 is 0 Å². The average Bonchev–Trinajstić information content (AvgIpc) is 2.73. The van der Waals surface area contributed by atoms with Crippen LogP contribution in [-0.4, -0.2) is 24.7 Å². The van der Waals surface area contributed by atoms with Crippen molar-refractivity contribution in [3.05, 3.63) is 53.6 Å². The number of aryl methyl sites for hydroxylation is 1. The van der Waals surface area contributed by atoms with Gasteiger partial charge in [0.2, 0.25) is 0 Å². The molecule has 1 aliphatic carbocycles. The maximum atomic E-state index is 11.8. The van der Waals surface area contributed by atoms with Crippen molar-refractivity contribution in [3.63, 3.8) is 0 Å². The van der Waals surface area contributed by atoms with E-state index in [9.17, 15) is 4.79 Å². The third-order valence-corrected chi connectivity index (χ3v) is 6.58. The number of carbonyl (C=O) groups is 1. The van der Waals surface area contributed by atoms with Crippen molar-refractivity contribution < 1.29 is 14.3 Å². The number of hydrogen-bond donors (Lipinski definition) is 2. The second-order valence-electron chi connectivity index (χ2n) is 9.10. The molecule has 1 heterocycles. The lowest BCUT2D eigenvalue weighted by atomic mass is 9.71. The van der Waals surface area contributed by atoms with Gasteiger partial charge in [-0.3, -0.25) is 4.79 Å². The maximum Gasteiger partial charge on any atom is 0.308 e. The molecule has 4 atom stereocenters. The zero-order valence-electron chi connectivity index (χ0n) is 18.6. The van der Waals surface area contributed by atoms with E-state index in [4.69, 9.17) is 15.2 Å². The summed E-state index contributed by atoms with van der Waals surface area (Å²) in [7, 11) is 0. The Morgan fingerprint density at radius 1 is 1.23 bits per heavy atom. The zero-order valence-corrected chi connectivity index (χ0v) is 18.6. The SMILES string of the molecule is CC(=O)Oc1cc(OC(C)CCCc2ccccc2)cc2c1[C@@H]1CC(N)CC[C@H]1CN2. The third-order valence-electron chi connectivity index (χ3n) is 6.58. The summed E-state index contributed by atoms with van der Waals surface area (Å²) < 4.78 is 11.9. The van der Waals surface area contributed by atoms with Crippen LogP contribution in [0.5, 0.6) is 11.5 Å². The summed E-state index contributed by atoms with van der Waals surface area (Å²) in [5.41, 5.74) is 9.74. The highest BCUT2D eigenvalue weighted by Crippen LogP contribution is 2.49. The van der Waals surface area contributed by atoms with Crippen molar-refractivity contribution in [2.75, 3.05) is 11.9 Å². The molecule has 2 unspecified atom stereocenters. The first kappa shape index (κ1) is 21.7. The van der Waals surface area contributed by atoms with Gasteiger partial charge in [-0.25, -0.2) is 0 Å². The van der Waals surface area contributed by atoms with Crippen LogP contribution < -0.4 is 20.5 Å². The van der Waals surface area contributed by atoms with Gasteiger partial charge in [-0.1, -0.05) is 30.3 Å². The lowest BCUT2D eigenvalue weighted by molar-refractivity contribution is -0.131. The third kappa shape index (κ3) is 5.40. The van der Waals surface area contributed by atoms with E-state index in [1.165, 1.54) is 12.5 Å². The number of hydrogen-bond acceptors (Lipinski definition) is 5. The number of nitrogens with two attached hydrogens (primary N) is 1. The topological polar surface area (TPSA) is 73.6 Å². The molecule has 0 radical (unpaired) electrons. The molecule has 0 aromatic heterocycles. The van der Waals surface area contributed by atoms with Gasteiger partial charge in [0, 0.05) is 42.9 Å². The molecule has 2 aromatic carbocycles. The predicted molar refractivity (Wildman–Crippen MR) is 124 cm³/mol. The number of rotatable bonds is 7. The lowest BCUT2D eigenvalue weighted by Gasteiger charge is -2.40. The molecule has 0 saturated heterocycles. The average molecular weight is 423 g/mol. The van der Waals surface area contributed by atoms with E-state index in [0.717, 1.165) is 62.1 Å². The van der Waals surface area contributed by atoms with Gasteiger partial charge in [0.15, 0.2) is 0 Å². The Balaban J connectivity index is 1.48. The number of nitrogens with one attached hydrogen (secondary N) is 1. The van der Waals surface area contributed by atoms with Gasteiger partial charge >= 0.3 is 5.97 Å². The number of ether oxygens (including phenoxy) is 2. The van der Waals surface area contributed by atoms with Gasteiger partial charge in [-0.2, -0.15) is 0 Å². The monoisotopic (exact) mass is 422 g/mol. The van der Waals surface area contributed by atoms with E-state index < -0.39 is 0 Å². The van der Waals surface area contributed by atoms with Gasteiger partial charge in [0.1, 0.15) is 11.5 Å². The molecule has 1 aliphatic heterocycles. The van der Waals surface area contributed by atoms with Crippen LogP contribution in [0.15, 0.2) is 42.5 Å². The summed E-state index contributed by atoms with van der Waals surface area (Å²) in [6.07, 6.45) is 6.24. The Hall–Kier alpha value is -2.53. The van der Waals surface area contributed by atoms with E-state index in [1.54, 1.807) is 0 Å². The largest absolute Gasteiger partial charge is 0.491 e. The fourth-order valence-corrected chi connectivity index (χ4v) is 5.07. The highest BCUT2D eigenvalue weighted by molar-refractivity contribution is 5.73. The van der Waals surface area contributed by atoms with E-state index in [2.05, 4.69) is 42.6 Å². The standard InChI is InChI=1S/C26H34N2O3/c1-17(7-6-10-19-8-4-3-5-9-19)30-22-14-24-26(25(15-22)31-18(2)29)23-13-21(27)12-11-20(23)16-28-24/h3-5,8-9,14-15,17,20-21,23,28H,6-7,10-13,16,27H2,1-2H3/t17?,20-,21?,23+/m0/s1. The molecule has 166 valence electrons. The molecule has 2 aliphatic rings. The smallest absolute Gasteiger partial charge is 0.308 e. The minimum absolute atomic E-state index is 0.0754. The number of anilines is 1. The molecule has 5 nitrogen and oxygen atoms in total. The van der Waals surface area contributed by atoms with Crippen molar-refractivity contribution in [1.29, 1.82) is 0 Å². The summed E-state index contributed by atoms with van der Waals surface area (Å²) in [6.45, 7) is 4.48. The van der Waals surface area contributed by atoms with Crippen molar-refractivity contribution in [3.8, 4) is 11.5 Å². The highest BCUT2D eigenvalue weighted by Gasteiger charge is 2.37. The molecule has 0 amide bonds. The van der Waals surface area contributed by atoms with Crippen molar-refractivity contribution in [2.24, 2.45) is 11.7 Å². The van der Waals surface area contributed by atoms with E-state index in [0.29, 0.717) is 17.6 Å². The van der Waals surface area contributed by atoms with Crippen LogP contribution in [0.25, 0.3) is 0 Å². The van der Waals surface area contributed by atoms with Gasteiger partial charge in [-0.05, 0) is 62.8 Å².